The molecule has 1 amide bonds. The van der Waals surface area contributed by atoms with Crippen molar-refractivity contribution >= 4 is 21.8 Å². The predicted molar refractivity (Wildman–Crippen MR) is 57.9 cm³/mol. The number of rotatable bonds is 1. The first-order valence-electron chi connectivity index (χ1n) is 4.79. The number of halogens is 1. The maximum atomic E-state index is 11.4. The Morgan fingerprint density at radius 2 is 2.15 bits per heavy atom. The Bertz CT molecular complexity index is 198. The predicted octanol–water partition coefficient (Wildman–Crippen LogP) is 2.28. The molecule has 1 unspecified atom stereocenters. The Morgan fingerprint density at radius 3 is 2.54 bits per heavy atom. The van der Waals surface area contributed by atoms with Crippen molar-refractivity contribution in [1.82, 2.24) is 4.90 Å². The summed E-state index contributed by atoms with van der Waals surface area (Å²) in [4.78, 5) is 13.3. The van der Waals surface area contributed by atoms with E-state index < -0.39 is 0 Å². The third kappa shape index (κ3) is 2.70. The van der Waals surface area contributed by atoms with Gasteiger partial charge in [0.1, 0.15) is 0 Å². The van der Waals surface area contributed by atoms with Crippen molar-refractivity contribution in [3.05, 3.63) is 0 Å². The number of carbonyl (C=O) groups excluding carboxylic acids is 1. The molecule has 13 heavy (non-hydrogen) atoms. The molecule has 76 valence electrons. The number of hydrogen-bond acceptors (Lipinski definition) is 1. The molecule has 0 N–H and O–H groups in total. The first kappa shape index (κ1) is 11.0. The summed E-state index contributed by atoms with van der Waals surface area (Å²) in [5.41, 5.74) is 0.335. The van der Waals surface area contributed by atoms with Gasteiger partial charge in [-0.25, -0.2) is 0 Å². The van der Waals surface area contributed by atoms with E-state index >= 15 is 0 Å². The highest BCUT2D eigenvalue weighted by atomic mass is 79.9. The van der Waals surface area contributed by atoms with Gasteiger partial charge in [0.05, 0.1) is 5.33 Å². The van der Waals surface area contributed by atoms with Crippen molar-refractivity contribution in [2.45, 2.75) is 27.2 Å². The van der Waals surface area contributed by atoms with Crippen molar-refractivity contribution in [2.24, 2.45) is 11.3 Å². The van der Waals surface area contributed by atoms with Crippen LogP contribution < -0.4 is 0 Å². The lowest BCUT2D eigenvalue weighted by Gasteiger charge is -2.26. The van der Waals surface area contributed by atoms with Gasteiger partial charge in [-0.05, 0) is 17.8 Å². The van der Waals surface area contributed by atoms with E-state index in [9.17, 15) is 4.79 Å². The molecule has 0 aromatic heterocycles. The van der Waals surface area contributed by atoms with Crippen LogP contribution in [0.3, 0.4) is 0 Å². The van der Waals surface area contributed by atoms with Gasteiger partial charge in [-0.1, -0.05) is 36.7 Å². The zero-order chi connectivity index (χ0) is 10.1. The second kappa shape index (κ2) is 3.99. The van der Waals surface area contributed by atoms with Crippen LogP contribution in [0.4, 0.5) is 0 Å². The minimum absolute atomic E-state index is 0.228. The molecule has 1 rings (SSSR count). The van der Waals surface area contributed by atoms with E-state index in [1.165, 1.54) is 0 Å². The van der Waals surface area contributed by atoms with E-state index in [1.807, 2.05) is 4.90 Å². The summed E-state index contributed by atoms with van der Waals surface area (Å²) in [6.07, 6.45) is 1.16. The van der Waals surface area contributed by atoms with E-state index in [0.29, 0.717) is 16.7 Å². The molecular formula is C10H18BrNO. The molecule has 0 aromatic carbocycles. The summed E-state index contributed by atoms with van der Waals surface area (Å²) in [5, 5.41) is 0.462. The fourth-order valence-corrected chi connectivity index (χ4v) is 2.13. The summed E-state index contributed by atoms with van der Waals surface area (Å²) >= 11 is 3.20. The Hall–Kier alpha value is -0.0500. The first-order chi connectivity index (χ1) is 5.95. The molecule has 0 aliphatic carbocycles. The second-order valence-corrected chi connectivity index (χ2v) is 5.39. The Kier molecular flexibility index (Phi) is 3.38. The fraction of sp³-hybridized carbons (Fsp3) is 0.900. The number of hydrogen-bond donors (Lipinski definition) is 0. The number of amides is 1. The highest BCUT2D eigenvalue weighted by Gasteiger charge is 2.33. The van der Waals surface area contributed by atoms with Gasteiger partial charge in [-0.15, -0.1) is 0 Å². The van der Waals surface area contributed by atoms with Crippen LogP contribution in [0.15, 0.2) is 0 Å². The van der Waals surface area contributed by atoms with Crippen molar-refractivity contribution in [3.8, 4) is 0 Å². The van der Waals surface area contributed by atoms with E-state index in [0.717, 1.165) is 19.5 Å². The molecule has 1 heterocycles. The third-order valence-electron chi connectivity index (χ3n) is 2.88. The van der Waals surface area contributed by atoms with Crippen molar-refractivity contribution in [2.75, 3.05) is 18.4 Å². The maximum absolute atomic E-state index is 11.4. The molecule has 0 saturated carbocycles. The van der Waals surface area contributed by atoms with Crippen molar-refractivity contribution in [3.63, 3.8) is 0 Å². The van der Waals surface area contributed by atoms with E-state index in [1.54, 1.807) is 0 Å². The SMILES string of the molecule is CC(C)(C)C1CCN(C(=O)CBr)C1. The van der Waals surface area contributed by atoms with E-state index in [2.05, 4.69) is 36.7 Å². The van der Waals surface area contributed by atoms with Crippen LogP contribution in [0, 0.1) is 11.3 Å². The quantitative estimate of drug-likeness (QED) is 0.652. The molecule has 1 saturated heterocycles. The lowest BCUT2D eigenvalue weighted by molar-refractivity contribution is -0.127. The van der Waals surface area contributed by atoms with Crippen LogP contribution in [0.5, 0.6) is 0 Å². The van der Waals surface area contributed by atoms with Crippen LogP contribution in [-0.2, 0) is 4.79 Å². The zero-order valence-corrected chi connectivity index (χ0v) is 10.2. The smallest absolute Gasteiger partial charge is 0.233 e. The fourth-order valence-electron chi connectivity index (χ4n) is 1.78. The number of nitrogens with zero attached hydrogens (tertiary/aromatic N) is 1. The molecule has 1 aliphatic heterocycles. The Labute approximate surface area is 88.8 Å². The lowest BCUT2D eigenvalue weighted by Crippen LogP contribution is -2.31. The first-order valence-corrected chi connectivity index (χ1v) is 5.91. The summed E-state index contributed by atoms with van der Waals surface area (Å²) in [5.74, 6) is 0.891. The minimum Gasteiger partial charge on any atom is -0.342 e. The van der Waals surface area contributed by atoms with Crippen LogP contribution in [0.25, 0.3) is 0 Å². The molecule has 0 aromatic rings. The van der Waals surface area contributed by atoms with Crippen LogP contribution in [-0.4, -0.2) is 29.2 Å². The van der Waals surface area contributed by atoms with Crippen LogP contribution in [0.2, 0.25) is 0 Å². The third-order valence-corrected chi connectivity index (χ3v) is 3.36. The molecule has 0 bridgehead atoms. The monoisotopic (exact) mass is 247 g/mol. The summed E-state index contributed by atoms with van der Waals surface area (Å²) in [7, 11) is 0. The van der Waals surface area contributed by atoms with Crippen LogP contribution in [0.1, 0.15) is 27.2 Å². The van der Waals surface area contributed by atoms with Crippen LogP contribution >= 0.6 is 15.9 Å². The van der Waals surface area contributed by atoms with Gasteiger partial charge in [0.25, 0.3) is 0 Å². The second-order valence-electron chi connectivity index (χ2n) is 4.83. The summed E-state index contributed by atoms with van der Waals surface area (Å²) in [6, 6.07) is 0. The van der Waals surface area contributed by atoms with E-state index in [4.69, 9.17) is 0 Å². The molecular weight excluding hydrogens is 230 g/mol. The highest BCUT2D eigenvalue weighted by Crippen LogP contribution is 2.33. The van der Waals surface area contributed by atoms with Gasteiger partial charge in [-0.3, -0.25) is 4.79 Å². The van der Waals surface area contributed by atoms with E-state index in [-0.39, 0.29) is 5.91 Å². The molecule has 3 heteroatoms. The normalized spacial score (nSPS) is 23.7. The molecule has 1 fully saturated rings. The molecule has 0 radical (unpaired) electrons. The zero-order valence-electron chi connectivity index (χ0n) is 8.64. The standard InChI is InChI=1S/C10H18BrNO/c1-10(2,3)8-4-5-12(7-8)9(13)6-11/h8H,4-7H2,1-3H3. The number of alkyl halides is 1. The van der Waals surface area contributed by atoms with Crippen molar-refractivity contribution < 1.29 is 4.79 Å². The average molecular weight is 248 g/mol. The lowest BCUT2D eigenvalue weighted by atomic mass is 9.80. The van der Waals surface area contributed by atoms with Gasteiger partial charge in [0, 0.05) is 13.1 Å². The average Bonchev–Trinajstić information content (AvgIpc) is 2.50. The largest absolute Gasteiger partial charge is 0.342 e. The molecule has 1 atom stereocenters. The Balaban J connectivity index is 2.50. The molecule has 1 aliphatic rings. The molecule has 2 nitrogen and oxygen atoms in total. The van der Waals surface area contributed by atoms with Gasteiger partial charge in [0.2, 0.25) is 5.91 Å². The van der Waals surface area contributed by atoms with Gasteiger partial charge >= 0.3 is 0 Å². The van der Waals surface area contributed by atoms with Gasteiger partial charge < -0.3 is 4.90 Å². The van der Waals surface area contributed by atoms with Gasteiger partial charge in [-0.2, -0.15) is 0 Å². The number of carbonyl (C=O) groups is 1. The van der Waals surface area contributed by atoms with Gasteiger partial charge in [0.15, 0.2) is 0 Å². The minimum atomic E-state index is 0.228. The Morgan fingerprint density at radius 1 is 1.54 bits per heavy atom. The highest BCUT2D eigenvalue weighted by molar-refractivity contribution is 9.09. The summed E-state index contributed by atoms with van der Waals surface area (Å²) in [6.45, 7) is 8.62. The maximum Gasteiger partial charge on any atom is 0.233 e. The topological polar surface area (TPSA) is 20.3 Å². The van der Waals surface area contributed by atoms with Crippen molar-refractivity contribution in [1.29, 1.82) is 0 Å². The molecule has 0 spiro atoms. The summed E-state index contributed by atoms with van der Waals surface area (Å²) < 4.78 is 0. The number of likely N-dealkylation sites (tertiary alicyclic amines) is 1.